The minimum atomic E-state index is -1.51. The molecule has 9 heteroatoms. The van der Waals surface area contributed by atoms with Gasteiger partial charge in [-0.25, -0.2) is 10.4 Å². The van der Waals surface area contributed by atoms with E-state index in [2.05, 4.69) is 20.5 Å². The zero-order valence-electron chi connectivity index (χ0n) is 17.3. The SMILES string of the molecule is N#Cc1c(-c2ccccc2)nc(NN=Cc2cccc(-c3ccc(B(O)O)cc3)c2)[nH]c1=O. The maximum atomic E-state index is 12.3. The van der Waals surface area contributed by atoms with Gasteiger partial charge >= 0.3 is 7.12 Å². The number of benzene rings is 3. The van der Waals surface area contributed by atoms with Crippen LogP contribution in [0.4, 0.5) is 5.95 Å². The van der Waals surface area contributed by atoms with Crippen molar-refractivity contribution in [3.63, 3.8) is 0 Å². The standard InChI is InChI=1S/C24H18BN5O3/c26-14-21-22(18-6-2-1-3-7-18)28-24(29-23(21)31)30-27-15-16-5-4-8-19(13-16)17-9-11-20(12-10-17)25(32)33/h1-13,15,32-33H,(H2,28,29,30,31). The number of aromatic amines is 1. The van der Waals surface area contributed by atoms with E-state index in [4.69, 9.17) is 0 Å². The summed E-state index contributed by atoms with van der Waals surface area (Å²) in [6.45, 7) is 0. The molecule has 0 unspecified atom stereocenters. The number of hydrazone groups is 1. The van der Waals surface area contributed by atoms with E-state index in [0.717, 1.165) is 16.7 Å². The summed E-state index contributed by atoms with van der Waals surface area (Å²) in [5.41, 5.74) is 6.07. The number of hydrogen-bond donors (Lipinski definition) is 4. The molecule has 0 saturated carbocycles. The number of aromatic nitrogens is 2. The largest absolute Gasteiger partial charge is 0.488 e. The number of anilines is 1. The van der Waals surface area contributed by atoms with Crippen molar-refractivity contribution in [2.24, 2.45) is 5.10 Å². The van der Waals surface area contributed by atoms with Crippen molar-refractivity contribution in [3.05, 3.63) is 100 Å². The van der Waals surface area contributed by atoms with Crippen molar-refractivity contribution < 1.29 is 10.0 Å². The smallest absolute Gasteiger partial charge is 0.423 e. The van der Waals surface area contributed by atoms with Gasteiger partial charge in [0.15, 0.2) is 0 Å². The Hall–Kier alpha value is -4.52. The van der Waals surface area contributed by atoms with E-state index in [1.807, 2.05) is 36.4 Å². The second-order valence-corrected chi connectivity index (χ2v) is 7.11. The van der Waals surface area contributed by atoms with Crippen molar-refractivity contribution >= 4 is 24.7 Å². The summed E-state index contributed by atoms with van der Waals surface area (Å²) >= 11 is 0. The Kier molecular flexibility index (Phi) is 6.41. The highest BCUT2D eigenvalue weighted by molar-refractivity contribution is 6.58. The first kappa shape index (κ1) is 21.7. The van der Waals surface area contributed by atoms with Gasteiger partial charge < -0.3 is 10.0 Å². The van der Waals surface area contributed by atoms with E-state index >= 15 is 0 Å². The lowest BCUT2D eigenvalue weighted by Gasteiger charge is -2.06. The zero-order valence-corrected chi connectivity index (χ0v) is 17.3. The molecule has 8 nitrogen and oxygen atoms in total. The number of nitrogens with one attached hydrogen (secondary N) is 2. The lowest BCUT2D eigenvalue weighted by atomic mass is 9.80. The van der Waals surface area contributed by atoms with Gasteiger partial charge in [-0.1, -0.05) is 72.8 Å². The van der Waals surface area contributed by atoms with Gasteiger partial charge in [-0.2, -0.15) is 10.4 Å². The zero-order chi connectivity index (χ0) is 23.2. The summed E-state index contributed by atoms with van der Waals surface area (Å²) in [7, 11) is -1.51. The molecule has 0 spiro atoms. The van der Waals surface area contributed by atoms with Crippen molar-refractivity contribution in [2.45, 2.75) is 0 Å². The van der Waals surface area contributed by atoms with Crippen molar-refractivity contribution in [2.75, 3.05) is 5.43 Å². The van der Waals surface area contributed by atoms with E-state index in [1.165, 1.54) is 0 Å². The van der Waals surface area contributed by atoms with E-state index < -0.39 is 12.7 Å². The number of rotatable bonds is 6. The first-order valence-corrected chi connectivity index (χ1v) is 10.0. The summed E-state index contributed by atoms with van der Waals surface area (Å²) in [4.78, 5) is 19.2. The monoisotopic (exact) mass is 435 g/mol. The number of hydrogen-bond acceptors (Lipinski definition) is 7. The fourth-order valence-corrected chi connectivity index (χ4v) is 3.25. The summed E-state index contributed by atoms with van der Waals surface area (Å²) in [6, 6.07) is 25.4. The normalized spacial score (nSPS) is 10.7. The molecule has 0 fully saturated rings. The van der Waals surface area contributed by atoms with E-state index in [9.17, 15) is 20.1 Å². The third-order valence-corrected chi connectivity index (χ3v) is 4.89. The van der Waals surface area contributed by atoms with Crippen molar-refractivity contribution in [3.8, 4) is 28.5 Å². The average Bonchev–Trinajstić information content (AvgIpc) is 2.84. The Morgan fingerprint density at radius 3 is 2.39 bits per heavy atom. The molecule has 3 aromatic carbocycles. The molecule has 1 aromatic heterocycles. The van der Waals surface area contributed by atoms with Crippen LogP contribution < -0.4 is 16.4 Å². The van der Waals surface area contributed by atoms with Gasteiger partial charge in [-0.15, -0.1) is 0 Å². The molecular weight excluding hydrogens is 417 g/mol. The van der Waals surface area contributed by atoms with E-state index in [-0.39, 0.29) is 17.2 Å². The molecule has 1 heterocycles. The van der Waals surface area contributed by atoms with Crippen molar-refractivity contribution in [1.82, 2.24) is 9.97 Å². The fourth-order valence-electron chi connectivity index (χ4n) is 3.25. The van der Waals surface area contributed by atoms with E-state index in [0.29, 0.717) is 11.0 Å². The van der Waals surface area contributed by atoms with Crippen LogP contribution >= 0.6 is 0 Å². The highest BCUT2D eigenvalue weighted by Crippen LogP contribution is 2.20. The van der Waals surface area contributed by atoms with Gasteiger partial charge in [0, 0.05) is 5.56 Å². The van der Waals surface area contributed by atoms with Crippen LogP contribution in [0.2, 0.25) is 0 Å². The van der Waals surface area contributed by atoms with Crippen LogP contribution in [0.1, 0.15) is 11.1 Å². The second kappa shape index (κ2) is 9.74. The number of nitrogens with zero attached hydrogens (tertiary/aromatic N) is 3. The Bertz CT molecular complexity index is 1390. The fraction of sp³-hybridized carbons (Fsp3) is 0. The molecule has 0 amide bonds. The van der Waals surface area contributed by atoms with Crippen LogP contribution in [0.25, 0.3) is 22.4 Å². The molecule has 0 aliphatic heterocycles. The Labute approximate surface area is 189 Å². The van der Waals surface area contributed by atoms with Crippen LogP contribution in [0, 0.1) is 11.3 Å². The first-order chi connectivity index (χ1) is 16.0. The lowest BCUT2D eigenvalue weighted by Crippen LogP contribution is -2.29. The Balaban J connectivity index is 1.55. The molecule has 160 valence electrons. The van der Waals surface area contributed by atoms with E-state index in [1.54, 1.807) is 54.7 Å². The van der Waals surface area contributed by atoms with Crippen LogP contribution in [0.3, 0.4) is 0 Å². The van der Waals surface area contributed by atoms with Gasteiger partial charge in [0.25, 0.3) is 5.56 Å². The maximum Gasteiger partial charge on any atom is 0.488 e. The summed E-state index contributed by atoms with van der Waals surface area (Å²) in [6.07, 6.45) is 1.58. The van der Waals surface area contributed by atoms with Crippen LogP contribution in [-0.4, -0.2) is 33.3 Å². The third kappa shape index (κ3) is 5.04. The minimum absolute atomic E-state index is 0.0665. The molecule has 0 saturated heterocycles. The Morgan fingerprint density at radius 2 is 1.70 bits per heavy atom. The summed E-state index contributed by atoms with van der Waals surface area (Å²) < 4.78 is 0. The summed E-state index contributed by atoms with van der Waals surface area (Å²) in [5.74, 6) is 0.114. The summed E-state index contributed by atoms with van der Waals surface area (Å²) in [5, 5.41) is 32.0. The molecular formula is C24H18BN5O3. The van der Waals surface area contributed by atoms with Crippen LogP contribution in [0.5, 0.6) is 0 Å². The van der Waals surface area contributed by atoms with Gasteiger partial charge in [0.05, 0.1) is 11.9 Å². The molecule has 0 atom stereocenters. The maximum absolute atomic E-state index is 12.3. The topological polar surface area (TPSA) is 134 Å². The lowest BCUT2D eigenvalue weighted by molar-refractivity contribution is 0.426. The van der Waals surface area contributed by atoms with Crippen molar-refractivity contribution in [1.29, 1.82) is 5.26 Å². The molecule has 0 bridgehead atoms. The van der Waals surface area contributed by atoms with Crippen LogP contribution in [0.15, 0.2) is 88.8 Å². The first-order valence-electron chi connectivity index (χ1n) is 10.0. The second-order valence-electron chi connectivity index (χ2n) is 7.11. The number of nitriles is 1. The predicted molar refractivity (Wildman–Crippen MR) is 128 cm³/mol. The minimum Gasteiger partial charge on any atom is -0.423 e. The number of H-pyrrole nitrogens is 1. The van der Waals surface area contributed by atoms with Gasteiger partial charge in [-0.3, -0.25) is 9.78 Å². The molecule has 4 rings (SSSR count). The molecule has 4 N–H and O–H groups in total. The highest BCUT2D eigenvalue weighted by atomic mass is 16.4. The van der Waals surface area contributed by atoms with Gasteiger partial charge in [0.2, 0.25) is 5.95 Å². The Morgan fingerprint density at radius 1 is 0.970 bits per heavy atom. The average molecular weight is 435 g/mol. The van der Waals surface area contributed by atoms with Gasteiger partial charge in [-0.05, 0) is 28.2 Å². The quantitative estimate of drug-likeness (QED) is 0.208. The molecule has 0 radical (unpaired) electrons. The predicted octanol–water partition coefficient (Wildman–Crippen LogP) is 2.10. The molecule has 4 aromatic rings. The molecule has 0 aliphatic carbocycles. The highest BCUT2D eigenvalue weighted by Gasteiger charge is 2.13. The molecule has 0 aliphatic rings. The van der Waals surface area contributed by atoms with Crippen LogP contribution in [-0.2, 0) is 0 Å². The third-order valence-electron chi connectivity index (χ3n) is 4.89. The molecule has 33 heavy (non-hydrogen) atoms. The van der Waals surface area contributed by atoms with Gasteiger partial charge in [0.1, 0.15) is 11.6 Å².